The SMILES string of the molecule is Cn1nccc1C(=O)N1CCC(Oc2cc(N3CCCC3)ncn2)C1. The summed E-state index contributed by atoms with van der Waals surface area (Å²) in [6.07, 6.45) is 6.35. The van der Waals surface area contributed by atoms with Crippen LogP contribution in [0.4, 0.5) is 5.82 Å². The molecule has 132 valence electrons. The van der Waals surface area contributed by atoms with Crippen LogP contribution in [0.3, 0.4) is 0 Å². The minimum absolute atomic E-state index is 0.00783. The highest BCUT2D eigenvalue weighted by Gasteiger charge is 2.30. The van der Waals surface area contributed by atoms with E-state index in [0.29, 0.717) is 24.7 Å². The quantitative estimate of drug-likeness (QED) is 0.828. The number of anilines is 1. The van der Waals surface area contributed by atoms with Crippen molar-refractivity contribution in [3.8, 4) is 5.88 Å². The van der Waals surface area contributed by atoms with E-state index in [1.54, 1.807) is 30.3 Å². The van der Waals surface area contributed by atoms with E-state index in [0.717, 1.165) is 25.3 Å². The predicted molar refractivity (Wildman–Crippen MR) is 91.6 cm³/mol. The lowest BCUT2D eigenvalue weighted by Gasteiger charge is -2.19. The number of carbonyl (C=O) groups is 1. The molecule has 25 heavy (non-hydrogen) atoms. The van der Waals surface area contributed by atoms with E-state index in [2.05, 4.69) is 20.0 Å². The van der Waals surface area contributed by atoms with Gasteiger partial charge in [0.15, 0.2) is 0 Å². The van der Waals surface area contributed by atoms with Gasteiger partial charge >= 0.3 is 0 Å². The van der Waals surface area contributed by atoms with Gasteiger partial charge in [0.1, 0.15) is 23.9 Å². The van der Waals surface area contributed by atoms with Gasteiger partial charge in [-0.1, -0.05) is 0 Å². The molecule has 4 rings (SSSR count). The number of ether oxygens (including phenoxy) is 1. The topological polar surface area (TPSA) is 76.4 Å². The number of likely N-dealkylation sites (tertiary alicyclic amines) is 1. The molecule has 2 saturated heterocycles. The van der Waals surface area contributed by atoms with Crippen LogP contribution in [0.15, 0.2) is 24.7 Å². The van der Waals surface area contributed by atoms with Crippen LogP contribution in [-0.2, 0) is 7.05 Å². The molecule has 1 atom stereocenters. The second kappa shape index (κ2) is 6.70. The van der Waals surface area contributed by atoms with Gasteiger partial charge in [-0.3, -0.25) is 9.48 Å². The van der Waals surface area contributed by atoms with Crippen LogP contribution in [0, 0.1) is 0 Å². The van der Waals surface area contributed by atoms with Crippen LogP contribution in [0.2, 0.25) is 0 Å². The molecule has 8 nitrogen and oxygen atoms in total. The van der Waals surface area contributed by atoms with Gasteiger partial charge in [0.25, 0.3) is 5.91 Å². The highest BCUT2D eigenvalue weighted by molar-refractivity contribution is 5.92. The monoisotopic (exact) mass is 342 g/mol. The van der Waals surface area contributed by atoms with Crippen molar-refractivity contribution in [2.75, 3.05) is 31.1 Å². The summed E-state index contributed by atoms with van der Waals surface area (Å²) in [5.74, 6) is 1.49. The zero-order valence-electron chi connectivity index (χ0n) is 14.3. The molecule has 1 unspecified atom stereocenters. The summed E-state index contributed by atoms with van der Waals surface area (Å²) in [5.41, 5.74) is 0.596. The first-order valence-corrected chi connectivity index (χ1v) is 8.71. The smallest absolute Gasteiger partial charge is 0.272 e. The highest BCUT2D eigenvalue weighted by atomic mass is 16.5. The summed E-state index contributed by atoms with van der Waals surface area (Å²) in [7, 11) is 1.78. The Bertz CT molecular complexity index is 755. The molecule has 2 fully saturated rings. The number of carbonyl (C=O) groups excluding carboxylic acids is 1. The van der Waals surface area contributed by atoms with Crippen LogP contribution in [-0.4, -0.2) is 62.8 Å². The molecule has 0 spiro atoms. The third-order valence-corrected chi connectivity index (χ3v) is 4.82. The predicted octanol–water partition coefficient (Wildman–Crippen LogP) is 1.10. The summed E-state index contributed by atoms with van der Waals surface area (Å²) in [4.78, 5) is 25.2. The summed E-state index contributed by atoms with van der Waals surface area (Å²) >= 11 is 0. The van der Waals surface area contributed by atoms with Gasteiger partial charge in [-0.25, -0.2) is 9.97 Å². The maximum atomic E-state index is 12.5. The minimum Gasteiger partial charge on any atom is -0.472 e. The van der Waals surface area contributed by atoms with Gasteiger partial charge in [-0.05, 0) is 18.9 Å². The van der Waals surface area contributed by atoms with E-state index in [4.69, 9.17) is 4.74 Å². The second-order valence-electron chi connectivity index (χ2n) is 6.53. The lowest BCUT2D eigenvalue weighted by atomic mass is 10.3. The summed E-state index contributed by atoms with van der Waals surface area (Å²) < 4.78 is 7.61. The zero-order valence-corrected chi connectivity index (χ0v) is 14.3. The van der Waals surface area contributed by atoms with E-state index < -0.39 is 0 Å². The van der Waals surface area contributed by atoms with Crippen molar-refractivity contribution in [3.63, 3.8) is 0 Å². The first-order chi connectivity index (χ1) is 12.2. The van der Waals surface area contributed by atoms with Crippen LogP contribution >= 0.6 is 0 Å². The minimum atomic E-state index is -0.0431. The average Bonchev–Trinajstić information content (AvgIpc) is 3.36. The number of amides is 1. The number of hydrogen-bond acceptors (Lipinski definition) is 6. The Kier molecular flexibility index (Phi) is 4.25. The van der Waals surface area contributed by atoms with Gasteiger partial charge < -0.3 is 14.5 Å². The molecule has 8 heteroatoms. The van der Waals surface area contributed by atoms with Crippen molar-refractivity contribution in [1.29, 1.82) is 0 Å². The number of rotatable bonds is 4. The Morgan fingerprint density at radius 3 is 2.84 bits per heavy atom. The number of aryl methyl sites for hydroxylation is 1. The summed E-state index contributed by atoms with van der Waals surface area (Å²) in [5, 5.41) is 4.06. The van der Waals surface area contributed by atoms with Crippen molar-refractivity contribution < 1.29 is 9.53 Å². The Morgan fingerprint density at radius 2 is 2.08 bits per heavy atom. The zero-order chi connectivity index (χ0) is 17.2. The molecule has 1 amide bonds. The first-order valence-electron chi connectivity index (χ1n) is 8.71. The standard InChI is InChI=1S/C17H22N6O2/c1-21-14(4-6-20-21)17(24)23-9-5-13(11-23)25-16-10-15(18-12-19-16)22-7-2-3-8-22/h4,6,10,12-13H,2-3,5,7-9,11H2,1H3. The molecule has 0 aliphatic carbocycles. The first kappa shape index (κ1) is 15.9. The maximum Gasteiger partial charge on any atom is 0.272 e. The van der Waals surface area contributed by atoms with Gasteiger partial charge in [-0.15, -0.1) is 0 Å². The third-order valence-electron chi connectivity index (χ3n) is 4.82. The van der Waals surface area contributed by atoms with E-state index in [-0.39, 0.29) is 12.0 Å². The second-order valence-corrected chi connectivity index (χ2v) is 6.53. The molecule has 0 aromatic carbocycles. The van der Waals surface area contributed by atoms with E-state index in [1.165, 1.54) is 12.8 Å². The van der Waals surface area contributed by atoms with Gasteiger partial charge in [0.05, 0.1) is 6.54 Å². The Morgan fingerprint density at radius 1 is 1.24 bits per heavy atom. The Balaban J connectivity index is 1.39. The van der Waals surface area contributed by atoms with Gasteiger partial charge in [-0.2, -0.15) is 5.10 Å². The van der Waals surface area contributed by atoms with Crippen molar-refractivity contribution in [1.82, 2.24) is 24.6 Å². The molecule has 2 aliphatic heterocycles. The third kappa shape index (κ3) is 3.29. The van der Waals surface area contributed by atoms with Crippen molar-refractivity contribution in [2.45, 2.75) is 25.4 Å². The number of hydrogen-bond donors (Lipinski definition) is 0. The normalized spacial score (nSPS) is 20.3. The Labute approximate surface area is 146 Å². The number of nitrogens with zero attached hydrogens (tertiary/aromatic N) is 6. The molecule has 2 aliphatic rings. The Hall–Kier alpha value is -2.64. The van der Waals surface area contributed by atoms with Crippen molar-refractivity contribution in [2.24, 2.45) is 7.05 Å². The van der Waals surface area contributed by atoms with Crippen molar-refractivity contribution >= 4 is 11.7 Å². The molecule has 0 radical (unpaired) electrons. The summed E-state index contributed by atoms with van der Waals surface area (Å²) in [6.45, 7) is 3.31. The molecular weight excluding hydrogens is 320 g/mol. The van der Waals surface area contributed by atoms with Crippen molar-refractivity contribution in [3.05, 3.63) is 30.4 Å². The van der Waals surface area contributed by atoms with Crippen LogP contribution < -0.4 is 9.64 Å². The molecule has 0 N–H and O–H groups in total. The van der Waals surface area contributed by atoms with E-state index in [9.17, 15) is 4.79 Å². The van der Waals surface area contributed by atoms with Gasteiger partial charge in [0, 0.05) is 45.4 Å². The molecule has 2 aromatic heterocycles. The van der Waals surface area contributed by atoms with Gasteiger partial charge in [0.2, 0.25) is 5.88 Å². The summed E-state index contributed by atoms with van der Waals surface area (Å²) in [6, 6.07) is 3.64. The highest BCUT2D eigenvalue weighted by Crippen LogP contribution is 2.23. The molecule has 4 heterocycles. The molecular formula is C17H22N6O2. The molecule has 0 saturated carbocycles. The largest absolute Gasteiger partial charge is 0.472 e. The average molecular weight is 342 g/mol. The number of aromatic nitrogens is 4. The lowest BCUT2D eigenvalue weighted by Crippen LogP contribution is -2.32. The fraction of sp³-hybridized carbons (Fsp3) is 0.529. The maximum absolute atomic E-state index is 12.5. The lowest BCUT2D eigenvalue weighted by molar-refractivity contribution is 0.0760. The van der Waals surface area contributed by atoms with E-state index in [1.807, 2.05) is 11.0 Å². The van der Waals surface area contributed by atoms with Crippen LogP contribution in [0.25, 0.3) is 0 Å². The fourth-order valence-electron chi connectivity index (χ4n) is 3.44. The van der Waals surface area contributed by atoms with Crippen LogP contribution in [0.1, 0.15) is 29.8 Å². The van der Waals surface area contributed by atoms with Crippen LogP contribution in [0.5, 0.6) is 5.88 Å². The van der Waals surface area contributed by atoms with E-state index >= 15 is 0 Å². The molecule has 2 aromatic rings. The fourth-order valence-corrected chi connectivity index (χ4v) is 3.44. The molecule has 0 bridgehead atoms.